The fourth-order valence-electron chi connectivity index (χ4n) is 3.64. The van der Waals surface area contributed by atoms with Gasteiger partial charge in [-0.25, -0.2) is 0 Å². The molecule has 0 bridgehead atoms. The summed E-state index contributed by atoms with van der Waals surface area (Å²) < 4.78 is 5.46. The van der Waals surface area contributed by atoms with Gasteiger partial charge in [0.15, 0.2) is 0 Å². The molecule has 0 spiro atoms. The van der Waals surface area contributed by atoms with Gasteiger partial charge < -0.3 is 19.9 Å². The first-order chi connectivity index (χ1) is 15.5. The smallest absolute Gasteiger partial charge is 0.264 e. The van der Waals surface area contributed by atoms with Crippen molar-refractivity contribution < 1.29 is 14.3 Å². The minimum atomic E-state index is -0.226. The summed E-state index contributed by atoms with van der Waals surface area (Å²) in [4.78, 5) is 30.0. The maximum atomic E-state index is 12.6. The SMILES string of the molecule is CCOc1cccc(C(=O)Nc2ccc(N3CCN(C(=O)c4cccs4)CC3)c(Cl)c2)c1. The van der Waals surface area contributed by atoms with Crippen LogP contribution in [0.4, 0.5) is 11.4 Å². The third-order valence-electron chi connectivity index (χ3n) is 5.25. The molecule has 2 heterocycles. The quantitative estimate of drug-likeness (QED) is 0.551. The molecule has 8 heteroatoms. The van der Waals surface area contributed by atoms with Crippen LogP contribution in [-0.4, -0.2) is 49.5 Å². The van der Waals surface area contributed by atoms with Crippen LogP contribution in [0.3, 0.4) is 0 Å². The zero-order chi connectivity index (χ0) is 22.5. The number of amides is 2. The van der Waals surface area contributed by atoms with E-state index >= 15 is 0 Å². The van der Waals surface area contributed by atoms with E-state index in [9.17, 15) is 9.59 Å². The van der Waals surface area contributed by atoms with Gasteiger partial charge in [0.25, 0.3) is 11.8 Å². The number of nitrogens with one attached hydrogen (secondary N) is 1. The van der Waals surface area contributed by atoms with Crippen molar-refractivity contribution in [2.24, 2.45) is 0 Å². The van der Waals surface area contributed by atoms with Crippen molar-refractivity contribution in [2.75, 3.05) is 43.0 Å². The summed E-state index contributed by atoms with van der Waals surface area (Å²) in [5, 5.41) is 5.36. The van der Waals surface area contributed by atoms with Gasteiger partial charge in [0.1, 0.15) is 5.75 Å². The molecule has 0 atom stereocenters. The van der Waals surface area contributed by atoms with Gasteiger partial charge in [-0.15, -0.1) is 11.3 Å². The Morgan fingerprint density at radius 1 is 1.06 bits per heavy atom. The van der Waals surface area contributed by atoms with Crippen molar-refractivity contribution in [2.45, 2.75) is 6.92 Å². The number of thiophene rings is 1. The van der Waals surface area contributed by atoms with E-state index in [-0.39, 0.29) is 11.8 Å². The molecule has 1 N–H and O–H groups in total. The standard InChI is InChI=1S/C24H24ClN3O3S/c1-2-31-19-6-3-5-17(15-19)23(29)26-18-8-9-21(20(25)16-18)27-10-12-28(13-11-27)24(30)22-7-4-14-32-22/h3-9,14-16H,2,10-13H2,1H3,(H,26,29). The molecule has 6 nitrogen and oxygen atoms in total. The van der Waals surface area contributed by atoms with Crippen LogP contribution in [0.15, 0.2) is 60.0 Å². The van der Waals surface area contributed by atoms with Gasteiger partial charge in [0.05, 0.1) is 22.2 Å². The van der Waals surface area contributed by atoms with E-state index in [0.29, 0.717) is 54.8 Å². The Bertz CT molecular complexity index is 1100. The van der Waals surface area contributed by atoms with E-state index in [0.717, 1.165) is 10.6 Å². The van der Waals surface area contributed by atoms with Gasteiger partial charge in [0.2, 0.25) is 0 Å². The Labute approximate surface area is 196 Å². The maximum Gasteiger partial charge on any atom is 0.264 e. The molecule has 1 aliphatic rings. The van der Waals surface area contributed by atoms with E-state index in [2.05, 4.69) is 10.2 Å². The van der Waals surface area contributed by atoms with Gasteiger partial charge in [-0.2, -0.15) is 0 Å². The Kier molecular flexibility index (Phi) is 6.97. The summed E-state index contributed by atoms with van der Waals surface area (Å²) in [6.07, 6.45) is 0. The number of benzene rings is 2. The van der Waals surface area contributed by atoms with Crippen molar-refractivity contribution >= 4 is 46.1 Å². The van der Waals surface area contributed by atoms with E-state index in [1.54, 1.807) is 24.3 Å². The van der Waals surface area contributed by atoms with E-state index in [1.807, 2.05) is 47.5 Å². The molecule has 1 aromatic heterocycles. The lowest BCUT2D eigenvalue weighted by Crippen LogP contribution is -2.48. The molecule has 0 radical (unpaired) electrons. The molecule has 3 aromatic rings. The minimum Gasteiger partial charge on any atom is -0.494 e. The van der Waals surface area contributed by atoms with Crippen LogP contribution in [0.1, 0.15) is 27.0 Å². The molecular weight excluding hydrogens is 446 g/mol. The van der Waals surface area contributed by atoms with Gasteiger partial charge in [0, 0.05) is 37.4 Å². The second-order valence-electron chi connectivity index (χ2n) is 7.34. The number of piperazine rings is 1. The van der Waals surface area contributed by atoms with Crippen LogP contribution < -0.4 is 15.0 Å². The lowest BCUT2D eigenvalue weighted by Gasteiger charge is -2.36. The van der Waals surface area contributed by atoms with Crippen LogP contribution in [0.2, 0.25) is 5.02 Å². The summed E-state index contributed by atoms with van der Waals surface area (Å²) in [7, 11) is 0. The van der Waals surface area contributed by atoms with Gasteiger partial charge >= 0.3 is 0 Å². The molecule has 0 saturated carbocycles. The van der Waals surface area contributed by atoms with Crippen LogP contribution in [-0.2, 0) is 0 Å². The number of nitrogens with zero attached hydrogens (tertiary/aromatic N) is 2. The van der Waals surface area contributed by atoms with Crippen molar-refractivity contribution in [3.63, 3.8) is 0 Å². The molecule has 4 rings (SSSR count). The molecule has 32 heavy (non-hydrogen) atoms. The molecule has 1 saturated heterocycles. The Balaban J connectivity index is 1.38. The molecule has 1 fully saturated rings. The highest BCUT2D eigenvalue weighted by Crippen LogP contribution is 2.30. The summed E-state index contributed by atoms with van der Waals surface area (Å²) >= 11 is 8.01. The topological polar surface area (TPSA) is 61.9 Å². The van der Waals surface area contributed by atoms with Crippen molar-refractivity contribution in [1.29, 1.82) is 0 Å². The van der Waals surface area contributed by atoms with Crippen LogP contribution in [0, 0.1) is 0 Å². The minimum absolute atomic E-state index is 0.0808. The van der Waals surface area contributed by atoms with Crippen LogP contribution >= 0.6 is 22.9 Å². The number of carbonyl (C=O) groups is 2. The van der Waals surface area contributed by atoms with E-state index in [1.165, 1.54) is 11.3 Å². The van der Waals surface area contributed by atoms with Crippen molar-refractivity contribution in [1.82, 2.24) is 4.90 Å². The van der Waals surface area contributed by atoms with Gasteiger partial charge in [-0.3, -0.25) is 9.59 Å². The number of hydrogen-bond acceptors (Lipinski definition) is 5. The highest BCUT2D eigenvalue weighted by Gasteiger charge is 2.24. The van der Waals surface area contributed by atoms with E-state index < -0.39 is 0 Å². The second-order valence-corrected chi connectivity index (χ2v) is 8.69. The lowest BCUT2D eigenvalue weighted by molar-refractivity contribution is 0.0751. The Morgan fingerprint density at radius 2 is 1.88 bits per heavy atom. The monoisotopic (exact) mass is 469 g/mol. The normalized spacial score (nSPS) is 13.7. The molecule has 2 aromatic carbocycles. The third kappa shape index (κ3) is 5.06. The van der Waals surface area contributed by atoms with Gasteiger partial charge in [-0.05, 0) is 54.8 Å². The molecule has 166 valence electrons. The fraction of sp³-hybridized carbons (Fsp3) is 0.250. The average Bonchev–Trinajstić information content (AvgIpc) is 3.34. The number of rotatable bonds is 6. The summed E-state index contributed by atoms with van der Waals surface area (Å²) in [5.74, 6) is 0.513. The third-order valence-corrected chi connectivity index (χ3v) is 6.41. The Hall–Kier alpha value is -3.03. The lowest BCUT2D eigenvalue weighted by atomic mass is 10.2. The summed E-state index contributed by atoms with van der Waals surface area (Å²) in [6.45, 7) is 5.12. The molecule has 0 aliphatic carbocycles. The van der Waals surface area contributed by atoms with Crippen molar-refractivity contribution in [3.05, 3.63) is 75.4 Å². The molecule has 2 amide bonds. The fourth-order valence-corrected chi connectivity index (χ4v) is 4.64. The van der Waals surface area contributed by atoms with E-state index in [4.69, 9.17) is 16.3 Å². The number of halogens is 1. The number of anilines is 2. The number of ether oxygens (including phenoxy) is 1. The van der Waals surface area contributed by atoms with Crippen LogP contribution in [0.25, 0.3) is 0 Å². The average molecular weight is 470 g/mol. The predicted molar refractivity (Wildman–Crippen MR) is 129 cm³/mol. The zero-order valence-corrected chi connectivity index (χ0v) is 19.3. The van der Waals surface area contributed by atoms with Gasteiger partial charge in [-0.1, -0.05) is 23.7 Å². The maximum absolute atomic E-state index is 12.6. The highest BCUT2D eigenvalue weighted by atomic mass is 35.5. The predicted octanol–water partition coefficient (Wildman–Crippen LogP) is 5.01. The summed E-state index contributed by atoms with van der Waals surface area (Å²) in [6, 6.07) is 16.3. The highest BCUT2D eigenvalue weighted by molar-refractivity contribution is 7.12. The largest absolute Gasteiger partial charge is 0.494 e. The first kappa shape index (κ1) is 22.2. The first-order valence-electron chi connectivity index (χ1n) is 10.5. The first-order valence-corrected chi connectivity index (χ1v) is 11.7. The molecule has 0 unspecified atom stereocenters. The summed E-state index contributed by atoms with van der Waals surface area (Å²) in [5.41, 5.74) is 2.03. The molecular formula is C24H24ClN3O3S. The van der Waals surface area contributed by atoms with Crippen molar-refractivity contribution in [3.8, 4) is 5.75 Å². The van der Waals surface area contributed by atoms with Crippen LogP contribution in [0.5, 0.6) is 5.75 Å². The Morgan fingerprint density at radius 3 is 2.56 bits per heavy atom. The second kappa shape index (κ2) is 10.1. The number of hydrogen-bond donors (Lipinski definition) is 1. The zero-order valence-electron chi connectivity index (χ0n) is 17.7. The number of carbonyl (C=O) groups excluding carboxylic acids is 2. The molecule has 1 aliphatic heterocycles.